The number of benzene rings is 6. The van der Waals surface area contributed by atoms with Gasteiger partial charge in [-0.25, -0.2) is 15.0 Å². The third-order valence-electron chi connectivity index (χ3n) is 7.27. The highest BCUT2D eigenvalue weighted by atomic mass is 16.3. The molecule has 0 spiro atoms. The number of nitrogens with zero attached hydrogens (tertiary/aromatic N) is 3. The molecule has 0 aliphatic carbocycles. The molecule has 0 atom stereocenters. The van der Waals surface area contributed by atoms with Gasteiger partial charge in [0.1, 0.15) is 5.52 Å². The highest BCUT2D eigenvalue weighted by Gasteiger charge is 2.12. The Morgan fingerprint density at radius 2 is 1.30 bits per heavy atom. The molecular weight excluding hydrogens is 528 g/mol. The van der Waals surface area contributed by atoms with Gasteiger partial charge in [-0.1, -0.05) is 121 Å². The molecule has 0 aliphatic heterocycles. The summed E-state index contributed by atoms with van der Waals surface area (Å²) < 4.78 is 6.06. The lowest BCUT2D eigenvalue weighted by molar-refractivity contribution is 0.620. The van der Waals surface area contributed by atoms with Crippen LogP contribution in [-0.2, 0) is 0 Å². The van der Waals surface area contributed by atoms with Gasteiger partial charge in [0.25, 0.3) is 0 Å². The second-order valence-electron chi connectivity index (χ2n) is 10.1. The summed E-state index contributed by atoms with van der Waals surface area (Å²) in [5.74, 6) is 1.26. The van der Waals surface area contributed by atoms with Crippen LogP contribution >= 0.6 is 0 Å². The Morgan fingerprint density at radius 3 is 2.05 bits per heavy atom. The molecule has 0 bridgehead atoms. The number of fused-ring (bicyclic) bond motifs is 3. The van der Waals surface area contributed by atoms with Gasteiger partial charge in [-0.3, -0.25) is 5.41 Å². The predicted octanol–water partition coefficient (Wildman–Crippen LogP) is 9.21. The van der Waals surface area contributed by atoms with Crippen LogP contribution in [0.4, 0.5) is 0 Å². The van der Waals surface area contributed by atoms with Gasteiger partial charge in [-0.05, 0) is 46.3 Å². The molecule has 0 saturated heterocycles. The molecule has 0 unspecified atom stereocenters. The third-order valence-corrected chi connectivity index (χ3v) is 7.27. The van der Waals surface area contributed by atoms with Gasteiger partial charge in [-0.2, -0.15) is 0 Å². The summed E-state index contributed by atoms with van der Waals surface area (Å²) in [5, 5.41) is 10.9. The second-order valence-corrected chi connectivity index (χ2v) is 10.1. The molecule has 204 valence electrons. The number of amidine groups is 2. The smallest absolute Gasteiger partial charge is 0.227 e. The maximum Gasteiger partial charge on any atom is 0.227 e. The molecule has 7 aromatic rings. The number of aliphatic imine (C=N–C) groups is 2. The van der Waals surface area contributed by atoms with Crippen molar-refractivity contribution >= 4 is 39.8 Å². The van der Waals surface area contributed by atoms with E-state index >= 15 is 0 Å². The van der Waals surface area contributed by atoms with E-state index in [4.69, 9.17) is 14.8 Å². The topological polar surface area (TPSA) is 74.6 Å². The molecule has 0 amide bonds. The first-order valence-corrected chi connectivity index (χ1v) is 14.0. The lowest BCUT2D eigenvalue weighted by Crippen LogP contribution is -2.04. The maximum absolute atomic E-state index is 8.74. The van der Waals surface area contributed by atoms with Crippen molar-refractivity contribution in [2.45, 2.75) is 0 Å². The van der Waals surface area contributed by atoms with Crippen LogP contribution in [0.25, 0.3) is 44.5 Å². The molecule has 6 aromatic carbocycles. The first-order valence-electron chi connectivity index (χ1n) is 14.0. The van der Waals surface area contributed by atoms with Crippen LogP contribution in [0.15, 0.2) is 160 Å². The van der Waals surface area contributed by atoms with Crippen LogP contribution in [0, 0.1) is 5.41 Å². The van der Waals surface area contributed by atoms with Gasteiger partial charge in [0.15, 0.2) is 17.3 Å². The third kappa shape index (κ3) is 5.52. The van der Waals surface area contributed by atoms with Crippen LogP contribution < -0.4 is 0 Å². The van der Waals surface area contributed by atoms with Crippen LogP contribution in [0.3, 0.4) is 0 Å². The van der Waals surface area contributed by atoms with Crippen molar-refractivity contribution in [3.63, 3.8) is 0 Å². The van der Waals surface area contributed by atoms with Crippen LogP contribution in [0.5, 0.6) is 0 Å². The van der Waals surface area contributed by atoms with Crippen molar-refractivity contribution in [2.75, 3.05) is 0 Å². The minimum absolute atomic E-state index is 0.150. The fourth-order valence-corrected chi connectivity index (χ4v) is 5.02. The predicted molar refractivity (Wildman–Crippen MR) is 176 cm³/mol. The lowest BCUT2D eigenvalue weighted by Gasteiger charge is -2.07. The van der Waals surface area contributed by atoms with E-state index < -0.39 is 0 Å². The zero-order valence-corrected chi connectivity index (χ0v) is 23.2. The van der Waals surface area contributed by atoms with Crippen molar-refractivity contribution in [1.82, 2.24) is 4.98 Å². The van der Waals surface area contributed by atoms with Crippen LogP contribution in [-0.4, -0.2) is 22.9 Å². The van der Waals surface area contributed by atoms with E-state index in [-0.39, 0.29) is 5.84 Å². The quantitative estimate of drug-likeness (QED) is 0.170. The summed E-state index contributed by atoms with van der Waals surface area (Å²) in [5.41, 5.74) is 7.25. The maximum atomic E-state index is 8.74. The van der Waals surface area contributed by atoms with Crippen LogP contribution in [0.2, 0.25) is 0 Å². The molecule has 0 fully saturated rings. The Kier molecular flexibility index (Phi) is 6.96. The number of hydrogen-bond acceptors (Lipinski definition) is 3. The summed E-state index contributed by atoms with van der Waals surface area (Å²) >= 11 is 0. The number of oxazole rings is 1. The van der Waals surface area contributed by atoms with Crippen molar-refractivity contribution in [2.24, 2.45) is 9.98 Å². The Hall–Kier alpha value is -5.94. The van der Waals surface area contributed by atoms with E-state index in [0.717, 1.165) is 49.7 Å². The molecule has 0 aliphatic rings. The molecule has 5 heteroatoms. The summed E-state index contributed by atoms with van der Waals surface area (Å²) in [7, 11) is 0. The van der Waals surface area contributed by atoms with E-state index in [1.807, 2.05) is 121 Å². The van der Waals surface area contributed by atoms with Gasteiger partial charge in [-0.15, -0.1) is 0 Å². The first kappa shape index (κ1) is 26.0. The average molecular weight is 555 g/mol. The Labute approximate surface area is 249 Å². The van der Waals surface area contributed by atoms with Crippen molar-refractivity contribution in [1.29, 1.82) is 5.41 Å². The van der Waals surface area contributed by atoms with E-state index in [1.54, 1.807) is 6.21 Å². The number of aromatic nitrogens is 1. The number of rotatable bonds is 5. The van der Waals surface area contributed by atoms with E-state index in [2.05, 4.69) is 34.3 Å². The van der Waals surface area contributed by atoms with Crippen LogP contribution in [0.1, 0.15) is 16.7 Å². The molecule has 0 saturated carbocycles. The van der Waals surface area contributed by atoms with Gasteiger partial charge in [0.05, 0.1) is 0 Å². The minimum atomic E-state index is 0.150. The van der Waals surface area contributed by atoms with E-state index in [0.29, 0.717) is 17.3 Å². The Bertz CT molecular complexity index is 2110. The van der Waals surface area contributed by atoms with Gasteiger partial charge >= 0.3 is 0 Å². The second kappa shape index (κ2) is 11.5. The molecular formula is C38H26N4O. The molecule has 1 heterocycles. The standard InChI is InChI=1S/C38H26N4O/c39-36(42-37(29-12-6-2-7-13-29)40-25-26-10-4-1-5-11-26)28-18-16-27(17-19-28)31-20-22-33-32(24-31)21-23-34-35(33)41-38(43-34)30-14-8-3-9-15-30/h1-25,39H. The summed E-state index contributed by atoms with van der Waals surface area (Å²) in [4.78, 5) is 14.1. The van der Waals surface area contributed by atoms with Gasteiger partial charge in [0, 0.05) is 28.3 Å². The zero-order valence-electron chi connectivity index (χ0n) is 23.2. The zero-order chi connectivity index (χ0) is 29.0. The highest BCUT2D eigenvalue weighted by molar-refractivity contribution is 6.13. The summed E-state index contributed by atoms with van der Waals surface area (Å²) in [6.45, 7) is 0. The molecule has 7 rings (SSSR count). The van der Waals surface area contributed by atoms with Crippen molar-refractivity contribution < 1.29 is 4.42 Å². The fourth-order valence-electron chi connectivity index (χ4n) is 5.02. The summed E-state index contributed by atoms with van der Waals surface area (Å²) in [6.07, 6.45) is 1.78. The number of nitrogens with one attached hydrogen (secondary N) is 1. The molecule has 0 radical (unpaired) electrons. The largest absolute Gasteiger partial charge is 0.436 e. The molecule has 43 heavy (non-hydrogen) atoms. The highest BCUT2D eigenvalue weighted by Crippen LogP contribution is 2.32. The van der Waals surface area contributed by atoms with E-state index in [1.165, 1.54) is 0 Å². The average Bonchev–Trinajstić information content (AvgIpc) is 3.53. The Morgan fingerprint density at radius 1 is 0.628 bits per heavy atom. The van der Waals surface area contributed by atoms with Crippen molar-refractivity contribution in [3.8, 4) is 22.6 Å². The molecule has 5 nitrogen and oxygen atoms in total. The normalized spacial score (nSPS) is 11.9. The van der Waals surface area contributed by atoms with Gasteiger partial charge in [0.2, 0.25) is 5.89 Å². The van der Waals surface area contributed by atoms with Crippen molar-refractivity contribution in [3.05, 3.63) is 162 Å². The minimum Gasteiger partial charge on any atom is -0.436 e. The first-order chi connectivity index (χ1) is 21.2. The molecule has 1 aromatic heterocycles. The monoisotopic (exact) mass is 554 g/mol. The number of hydrogen-bond donors (Lipinski definition) is 1. The van der Waals surface area contributed by atoms with Gasteiger partial charge < -0.3 is 4.42 Å². The summed E-state index contributed by atoms with van der Waals surface area (Å²) in [6, 6.07) is 47.9. The SMILES string of the molecule is N=C(N=C(N=Cc1ccccc1)c1ccccc1)c1ccc(-c2ccc3c(ccc4oc(-c5ccccc5)nc43)c2)cc1. The Balaban J connectivity index is 1.16. The fraction of sp³-hybridized carbons (Fsp3) is 0. The molecule has 1 N–H and O–H groups in total. The van der Waals surface area contributed by atoms with E-state index in [9.17, 15) is 0 Å². The lowest BCUT2D eigenvalue weighted by atomic mass is 9.99.